The molecule has 0 spiro atoms. The Morgan fingerprint density at radius 2 is 1.97 bits per heavy atom. The molecule has 4 rings (SSSR count). The average molecular weight is 438 g/mol. The fourth-order valence-corrected chi connectivity index (χ4v) is 4.92. The lowest BCUT2D eigenvalue weighted by molar-refractivity contribution is -0.116. The zero-order chi connectivity index (χ0) is 22.0. The Kier molecular flexibility index (Phi) is 6.53. The van der Waals surface area contributed by atoms with Crippen LogP contribution >= 0.6 is 11.3 Å². The van der Waals surface area contributed by atoms with Crippen LogP contribution in [0.15, 0.2) is 29.6 Å². The third kappa shape index (κ3) is 5.22. The number of carbonyl (C=O) groups excluding carboxylic acids is 1. The summed E-state index contributed by atoms with van der Waals surface area (Å²) in [6.45, 7) is 6.06. The highest BCUT2D eigenvalue weighted by Crippen LogP contribution is 2.25. The highest BCUT2D eigenvalue weighted by Gasteiger charge is 2.22. The van der Waals surface area contributed by atoms with Crippen molar-refractivity contribution in [2.45, 2.75) is 45.6 Å². The van der Waals surface area contributed by atoms with Crippen LogP contribution in [0.4, 0.5) is 11.6 Å². The molecule has 1 N–H and O–H groups in total. The summed E-state index contributed by atoms with van der Waals surface area (Å²) < 4.78 is 0. The number of aromatic nitrogens is 2. The number of thiophene rings is 1. The van der Waals surface area contributed by atoms with Crippen LogP contribution in [-0.4, -0.2) is 54.0 Å². The second-order valence-electron chi connectivity index (χ2n) is 8.64. The lowest BCUT2D eigenvalue weighted by Crippen LogP contribution is -2.42. The van der Waals surface area contributed by atoms with E-state index in [2.05, 4.69) is 47.6 Å². The van der Waals surface area contributed by atoms with Gasteiger partial charge in [-0.05, 0) is 82.4 Å². The van der Waals surface area contributed by atoms with Gasteiger partial charge in [0.15, 0.2) is 0 Å². The highest BCUT2D eigenvalue weighted by atomic mass is 32.1. The van der Waals surface area contributed by atoms with E-state index in [1.807, 2.05) is 25.1 Å². The molecule has 0 radical (unpaired) electrons. The number of benzene rings is 1. The maximum absolute atomic E-state index is 12.4. The van der Waals surface area contributed by atoms with Gasteiger partial charge in [0.2, 0.25) is 11.9 Å². The first kappa shape index (κ1) is 21.7. The Bertz CT molecular complexity index is 1070. The summed E-state index contributed by atoms with van der Waals surface area (Å²) in [6, 6.07) is 8.68. The number of amides is 1. The summed E-state index contributed by atoms with van der Waals surface area (Å²) in [4.78, 5) is 27.9. The standard InChI is InChI=1S/C24H31N5OS/c1-16-13-18(15-31-16)5-8-23(30)26-19-6-7-22-21(14-19)17(2)25-24(27-22)29-11-9-20(10-12-29)28(3)4/h6-7,13-15,20H,5,8-12H2,1-4H3,(H,26,30). The quantitative estimate of drug-likeness (QED) is 0.619. The molecule has 7 heteroatoms. The third-order valence-corrected chi connectivity index (χ3v) is 6.97. The van der Waals surface area contributed by atoms with Crippen molar-refractivity contribution in [2.75, 3.05) is 37.4 Å². The van der Waals surface area contributed by atoms with Crippen molar-refractivity contribution in [2.24, 2.45) is 0 Å². The molecule has 0 bridgehead atoms. The van der Waals surface area contributed by atoms with Crippen LogP contribution in [0.1, 0.15) is 35.4 Å². The van der Waals surface area contributed by atoms with E-state index in [0.717, 1.165) is 60.6 Å². The van der Waals surface area contributed by atoms with Crippen LogP contribution in [0.5, 0.6) is 0 Å². The molecule has 3 heterocycles. The second kappa shape index (κ2) is 9.32. The van der Waals surface area contributed by atoms with Crippen molar-refractivity contribution in [3.05, 3.63) is 45.8 Å². The molecule has 1 fully saturated rings. The van der Waals surface area contributed by atoms with E-state index in [1.54, 1.807) is 11.3 Å². The van der Waals surface area contributed by atoms with Crippen molar-refractivity contribution in [3.63, 3.8) is 0 Å². The number of anilines is 2. The molecule has 2 aromatic heterocycles. The summed E-state index contributed by atoms with van der Waals surface area (Å²) in [5, 5.41) is 6.13. The fraction of sp³-hybridized carbons (Fsp3) is 0.458. The van der Waals surface area contributed by atoms with Crippen molar-refractivity contribution < 1.29 is 4.79 Å². The number of piperidine rings is 1. The van der Waals surface area contributed by atoms with E-state index >= 15 is 0 Å². The van der Waals surface area contributed by atoms with Gasteiger partial charge in [0.25, 0.3) is 0 Å². The Morgan fingerprint density at radius 1 is 1.19 bits per heavy atom. The maximum Gasteiger partial charge on any atom is 0.226 e. The lowest BCUT2D eigenvalue weighted by Gasteiger charge is -2.35. The van der Waals surface area contributed by atoms with Gasteiger partial charge in [-0.15, -0.1) is 11.3 Å². The molecule has 0 unspecified atom stereocenters. The summed E-state index contributed by atoms with van der Waals surface area (Å²) in [5.74, 6) is 0.840. The zero-order valence-electron chi connectivity index (χ0n) is 18.8. The molecule has 1 saturated heterocycles. The molecule has 1 amide bonds. The van der Waals surface area contributed by atoms with Gasteiger partial charge in [0.05, 0.1) is 11.2 Å². The van der Waals surface area contributed by atoms with Crippen LogP contribution in [-0.2, 0) is 11.2 Å². The Balaban J connectivity index is 1.42. The molecular formula is C24H31N5OS. The highest BCUT2D eigenvalue weighted by molar-refractivity contribution is 7.10. The van der Waals surface area contributed by atoms with Gasteiger partial charge >= 0.3 is 0 Å². The predicted molar refractivity (Wildman–Crippen MR) is 129 cm³/mol. The molecule has 3 aromatic rings. The SMILES string of the molecule is Cc1cc(CCC(=O)Nc2ccc3nc(N4CCC(N(C)C)CC4)nc(C)c3c2)cs1. The topological polar surface area (TPSA) is 61.4 Å². The van der Waals surface area contributed by atoms with E-state index in [-0.39, 0.29) is 5.91 Å². The van der Waals surface area contributed by atoms with Gasteiger partial charge in [-0.1, -0.05) is 0 Å². The lowest BCUT2D eigenvalue weighted by atomic mass is 10.0. The number of nitrogens with zero attached hydrogens (tertiary/aromatic N) is 4. The first-order chi connectivity index (χ1) is 14.9. The number of hydrogen-bond acceptors (Lipinski definition) is 6. The molecule has 1 aromatic carbocycles. The molecule has 1 aliphatic heterocycles. The first-order valence-electron chi connectivity index (χ1n) is 10.9. The normalized spacial score (nSPS) is 15.1. The molecule has 1 aliphatic rings. The summed E-state index contributed by atoms with van der Waals surface area (Å²) in [5.41, 5.74) is 3.89. The average Bonchev–Trinajstić information content (AvgIpc) is 3.18. The maximum atomic E-state index is 12.4. The van der Waals surface area contributed by atoms with Crippen LogP contribution in [0.25, 0.3) is 10.9 Å². The van der Waals surface area contributed by atoms with Crippen molar-refractivity contribution in [1.29, 1.82) is 0 Å². The molecule has 0 aliphatic carbocycles. The monoisotopic (exact) mass is 437 g/mol. The van der Waals surface area contributed by atoms with Gasteiger partial charge in [-0.3, -0.25) is 4.79 Å². The van der Waals surface area contributed by atoms with Crippen LogP contribution in [0.3, 0.4) is 0 Å². The Hall–Kier alpha value is -2.51. The number of fused-ring (bicyclic) bond motifs is 1. The number of carbonyl (C=O) groups is 1. The molecule has 0 atom stereocenters. The van der Waals surface area contributed by atoms with E-state index in [0.29, 0.717) is 12.5 Å². The van der Waals surface area contributed by atoms with Crippen LogP contribution in [0, 0.1) is 13.8 Å². The smallest absolute Gasteiger partial charge is 0.226 e. The molecule has 0 saturated carbocycles. The molecular weight excluding hydrogens is 406 g/mol. The van der Waals surface area contributed by atoms with Gasteiger partial charge in [-0.2, -0.15) is 0 Å². The fourth-order valence-electron chi connectivity index (χ4n) is 4.18. The Morgan fingerprint density at radius 3 is 2.65 bits per heavy atom. The predicted octanol–water partition coefficient (Wildman–Crippen LogP) is 4.41. The van der Waals surface area contributed by atoms with E-state index in [9.17, 15) is 4.79 Å². The van der Waals surface area contributed by atoms with Crippen LogP contribution < -0.4 is 10.2 Å². The molecule has 6 nitrogen and oxygen atoms in total. The summed E-state index contributed by atoms with van der Waals surface area (Å²) in [6.07, 6.45) is 3.50. The second-order valence-corrected chi connectivity index (χ2v) is 9.75. The largest absolute Gasteiger partial charge is 0.341 e. The van der Waals surface area contributed by atoms with Gasteiger partial charge in [0, 0.05) is 41.5 Å². The number of hydrogen-bond donors (Lipinski definition) is 1. The minimum absolute atomic E-state index is 0.0298. The molecule has 31 heavy (non-hydrogen) atoms. The Labute approximate surface area is 188 Å². The van der Waals surface area contributed by atoms with E-state index in [1.165, 1.54) is 10.4 Å². The zero-order valence-corrected chi connectivity index (χ0v) is 19.6. The number of rotatable bonds is 6. The minimum atomic E-state index is 0.0298. The van der Waals surface area contributed by atoms with Gasteiger partial charge in [0.1, 0.15) is 0 Å². The first-order valence-corrected chi connectivity index (χ1v) is 11.8. The number of aryl methyl sites for hydroxylation is 3. The summed E-state index contributed by atoms with van der Waals surface area (Å²) >= 11 is 1.72. The third-order valence-electron chi connectivity index (χ3n) is 6.06. The van der Waals surface area contributed by atoms with E-state index < -0.39 is 0 Å². The number of nitrogens with one attached hydrogen (secondary N) is 1. The van der Waals surface area contributed by atoms with Crippen molar-refractivity contribution in [3.8, 4) is 0 Å². The van der Waals surface area contributed by atoms with Crippen molar-refractivity contribution >= 4 is 39.8 Å². The summed E-state index contributed by atoms with van der Waals surface area (Å²) in [7, 11) is 4.30. The van der Waals surface area contributed by atoms with Crippen LogP contribution in [0.2, 0.25) is 0 Å². The van der Waals surface area contributed by atoms with Crippen molar-refractivity contribution in [1.82, 2.24) is 14.9 Å². The van der Waals surface area contributed by atoms with Gasteiger partial charge in [-0.25, -0.2) is 9.97 Å². The van der Waals surface area contributed by atoms with E-state index in [4.69, 9.17) is 9.97 Å². The minimum Gasteiger partial charge on any atom is -0.341 e. The van der Waals surface area contributed by atoms with Gasteiger partial charge < -0.3 is 15.1 Å². The molecule has 164 valence electrons.